The molecule has 0 amide bonds. The van der Waals surface area contributed by atoms with E-state index in [9.17, 15) is 0 Å². The second kappa shape index (κ2) is 7.78. The van der Waals surface area contributed by atoms with E-state index in [1.807, 2.05) is 0 Å². The predicted molar refractivity (Wildman–Crippen MR) is 82.0 cm³/mol. The van der Waals surface area contributed by atoms with Crippen molar-refractivity contribution in [3.8, 4) is 0 Å². The fourth-order valence-corrected chi connectivity index (χ4v) is 3.43. The Morgan fingerprint density at radius 2 is 2.06 bits per heavy atom. The first-order valence-corrected chi connectivity index (χ1v) is 8.15. The van der Waals surface area contributed by atoms with Crippen molar-refractivity contribution >= 4 is 38.9 Å². The number of rotatable bonds is 7. The van der Waals surface area contributed by atoms with E-state index in [2.05, 4.69) is 48.1 Å². The second-order valence-corrected chi connectivity index (χ2v) is 7.53. The summed E-state index contributed by atoms with van der Waals surface area (Å²) in [5.41, 5.74) is 0. The van der Waals surface area contributed by atoms with Crippen LogP contribution in [0.1, 0.15) is 44.9 Å². The summed E-state index contributed by atoms with van der Waals surface area (Å²) in [6, 6.07) is 2.68. The highest BCUT2D eigenvalue weighted by atomic mass is 79.9. The minimum Gasteiger partial charge on any atom is -0.309 e. The molecule has 0 aliphatic heterocycles. The van der Waals surface area contributed by atoms with Crippen LogP contribution < -0.4 is 5.32 Å². The normalized spacial score (nSPS) is 13.3. The van der Waals surface area contributed by atoms with Gasteiger partial charge in [-0.25, -0.2) is 0 Å². The number of nitrogens with one attached hydrogen (secondary N) is 1. The Bertz CT molecular complexity index is 319. The van der Waals surface area contributed by atoms with Gasteiger partial charge in [-0.3, -0.25) is 0 Å². The molecule has 1 atom stereocenters. The Hall–Kier alpha value is 0.430. The van der Waals surface area contributed by atoms with Gasteiger partial charge in [0.15, 0.2) is 0 Å². The van der Waals surface area contributed by atoms with E-state index < -0.39 is 0 Å². The van der Waals surface area contributed by atoms with Crippen LogP contribution in [0.15, 0.2) is 10.5 Å². The predicted octanol–water partition coefficient (Wildman–Crippen LogP) is 5.47. The molecule has 0 bridgehead atoms. The maximum atomic E-state index is 6.01. The van der Waals surface area contributed by atoms with E-state index in [0.717, 1.165) is 21.3 Å². The topological polar surface area (TPSA) is 12.0 Å². The summed E-state index contributed by atoms with van der Waals surface area (Å²) in [7, 11) is 0. The van der Waals surface area contributed by atoms with E-state index in [0.29, 0.717) is 6.04 Å². The van der Waals surface area contributed by atoms with Gasteiger partial charge in [0.05, 0.1) is 0 Å². The molecule has 1 aromatic rings. The molecule has 1 aromatic heterocycles. The summed E-state index contributed by atoms with van der Waals surface area (Å²) in [4.78, 5) is 1.29. The zero-order chi connectivity index (χ0) is 12.8. The van der Waals surface area contributed by atoms with Gasteiger partial charge in [0, 0.05) is 21.9 Å². The van der Waals surface area contributed by atoms with Crippen LogP contribution in [0.25, 0.3) is 0 Å². The van der Waals surface area contributed by atoms with Gasteiger partial charge in [-0.05, 0) is 41.3 Å². The monoisotopic (exact) mass is 337 g/mol. The van der Waals surface area contributed by atoms with Crippen LogP contribution in [0.2, 0.25) is 4.34 Å². The van der Waals surface area contributed by atoms with Gasteiger partial charge in [-0.15, -0.1) is 11.3 Å². The molecule has 0 spiro atoms. The Morgan fingerprint density at radius 3 is 2.59 bits per heavy atom. The molecule has 0 saturated heterocycles. The fourth-order valence-electron chi connectivity index (χ4n) is 1.69. The number of thiophene rings is 1. The summed E-state index contributed by atoms with van der Waals surface area (Å²) >= 11 is 11.1. The zero-order valence-corrected chi connectivity index (χ0v) is 13.9. The first kappa shape index (κ1) is 15.5. The maximum Gasteiger partial charge on any atom is 0.107 e. The Kier molecular flexibility index (Phi) is 7.08. The Labute approximate surface area is 122 Å². The highest BCUT2D eigenvalue weighted by Gasteiger charge is 2.06. The van der Waals surface area contributed by atoms with E-state index in [1.165, 1.54) is 24.1 Å². The first-order chi connectivity index (χ1) is 7.99. The van der Waals surface area contributed by atoms with Crippen molar-refractivity contribution in [2.24, 2.45) is 5.92 Å². The van der Waals surface area contributed by atoms with Crippen molar-refractivity contribution in [3.05, 3.63) is 19.8 Å². The molecule has 1 rings (SSSR count). The molecule has 1 N–H and O–H groups in total. The molecule has 0 fully saturated rings. The van der Waals surface area contributed by atoms with E-state index in [-0.39, 0.29) is 0 Å². The maximum absolute atomic E-state index is 6.01. The highest BCUT2D eigenvalue weighted by molar-refractivity contribution is 9.10. The summed E-state index contributed by atoms with van der Waals surface area (Å²) in [6.45, 7) is 7.73. The molecule has 4 heteroatoms. The van der Waals surface area contributed by atoms with E-state index in [4.69, 9.17) is 11.6 Å². The molecule has 1 heterocycles. The van der Waals surface area contributed by atoms with E-state index >= 15 is 0 Å². The van der Waals surface area contributed by atoms with E-state index in [1.54, 1.807) is 11.3 Å². The smallest absolute Gasteiger partial charge is 0.107 e. The molecular formula is C13H21BrClNS. The lowest BCUT2D eigenvalue weighted by molar-refractivity contribution is 0.458. The molecule has 1 unspecified atom stereocenters. The zero-order valence-electron chi connectivity index (χ0n) is 10.7. The molecule has 17 heavy (non-hydrogen) atoms. The molecular weight excluding hydrogens is 318 g/mol. The van der Waals surface area contributed by atoms with Gasteiger partial charge in [0.25, 0.3) is 0 Å². The highest BCUT2D eigenvalue weighted by Crippen LogP contribution is 2.31. The van der Waals surface area contributed by atoms with Crippen molar-refractivity contribution in [1.82, 2.24) is 5.32 Å². The van der Waals surface area contributed by atoms with Crippen LogP contribution in [0, 0.1) is 5.92 Å². The van der Waals surface area contributed by atoms with Gasteiger partial charge in [-0.2, -0.15) is 0 Å². The minimum atomic E-state index is 0.577. The lowest BCUT2D eigenvalue weighted by Gasteiger charge is -2.13. The minimum absolute atomic E-state index is 0.577. The van der Waals surface area contributed by atoms with Crippen molar-refractivity contribution in [2.75, 3.05) is 0 Å². The average Bonchev–Trinajstić information content (AvgIpc) is 2.55. The number of hydrogen-bond acceptors (Lipinski definition) is 2. The van der Waals surface area contributed by atoms with Crippen LogP contribution in [0.4, 0.5) is 0 Å². The van der Waals surface area contributed by atoms with Crippen molar-refractivity contribution in [3.63, 3.8) is 0 Å². The lowest BCUT2D eigenvalue weighted by Crippen LogP contribution is -2.24. The van der Waals surface area contributed by atoms with Crippen LogP contribution in [-0.4, -0.2) is 6.04 Å². The average molecular weight is 339 g/mol. The van der Waals surface area contributed by atoms with Crippen LogP contribution >= 0.6 is 38.9 Å². The van der Waals surface area contributed by atoms with Crippen LogP contribution in [0.5, 0.6) is 0 Å². The van der Waals surface area contributed by atoms with Crippen molar-refractivity contribution in [2.45, 2.75) is 52.6 Å². The number of hydrogen-bond donors (Lipinski definition) is 1. The van der Waals surface area contributed by atoms with Gasteiger partial charge in [-0.1, -0.05) is 38.3 Å². The summed E-state index contributed by atoms with van der Waals surface area (Å²) in [5, 5.41) is 3.54. The quantitative estimate of drug-likeness (QED) is 0.695. The second-order valence-electron chi connectivity index (χ2n) is 4.94. The third-order valence-electron chi connectivity index (χ3n) is 2.74. The Morgan fingerprint density at radius 1 is 1.35 bits per heavy atom. The third-order valence-corrected chi connectivity index (χ3v) is 5.21. The first-order valence-electron chi connectivity index (χ1n) is 6.16. The van der Waals surface area contributed by atoms with Crippen molar-refractivity contribution in [1.29, 1.82) is 0 Å². The van der Waals surface area contributed by atoms with Gasteiger partial charge >= 0.3 is 0 Å². The standard InChI is InChI=1S/C13H21BrClNS/c1-9(2)5-4-6-10(3)16-8-11-7-12(14)13(15)17-11/h7,9-10,16H,4-6,8H2,1-3H3. The molecule has 0 aromatic carbocycles. The Balaban J connectivity index is 2.21. The summed E-state index contributed by atoms with van der Waals surface area (Å²) in [6.07, 6.45) is 3.88. The summed E-state index contributed by atoms with van der Waals surface area (Å²) < 4.78 is 1.85. The largest absolute Gasteiger partial charge is 0.309 e. The van der Waals surface area contributed by atoms with Crippen molar-refractivity contribution < 1.29 is 0 Å². The van der Waals surface area contributed by atoms with Crippen LogP contribution in [-0.2, 0) is 6.54 Å². The van der Waals surface area contributed by atoms with Crippen LogP contribution in [0.3, 0.4) is 0 Å². The molecule has 0 aliphatic rings. The van der Waals surface area contributed by atoms with Gasteiger partial charge < -0.3 is 5.32 Å². The van der Waals surface area contributed by atoms with Gasteiger partial charge in [0.2, 0.25) is 0 Å². The van der Waals surface area contributed by atoms with Gasteiger partial charge in [0.1, 0.15) is 4.34 Å². The SMILES string of the molecule is CC(C)CCCC(C)NCc1cc(Br)c(Cl)s1. The fraction of sp³-hybridized carbons (Fsp3) is 0.692. The summed E-state index contributed by atoms with van der Waals surface area (Å²) in [5.74, 6) is 0.814. The molecule has 0 saturated carbocycles. The molecule has 1 nitrogen and oxygen atoms in total. The molecule has 0 radical (unpaired) electrons. The number of halogens is 2. The lowest BCUT2D eigenvalue weighted by atomic mass is 10.0. The molecule has 98 valence electrons. The molecule has 0 aliphatic carbocycles. The third kappa shape index (κ3) is 6.23.